The van der Waals surface area contributed by atoms with Crippen LogP contribution in [-0.2, 0) is 12.8 Å². The lowest BCUT2D eigenvalue weighted by atomic mass is 9.96. The summed E-state index contributed by atoms with van der Waals surface area (Å²) in [6, 6.07) is 4.16. The number of carbonyl (C=O) groups excluding carboxylic acids is 1. The number of fused-ring (bicyclic) bond motifs is 1. The van der Waals surface area contributed by atoms with Crippen molar-refractivity contribution < 1.29 is 31.1 Å². The number of aryl methyl sites for hydroxylation is 1. The SMILES string of the molecule is N#Cc1c(NC(NC(=O)c2cccs2)(C(F)(F)F)C(F)(F)F)sc2c1CCCC2. The highest BCUT2D eigenvalue weighted by molar-refractivity contribution is 7.16. The number of amides is 1. The summed E-state index contributed by atoms with van der Waals surface area (Å²) in [5.74, 6) is -1.53. The van der Waals surface area contributed by atoms with Crippen molar-refractivity contribution in [3.05, 3.63) is 38.4 Å². The van der Waals surface area contributed by atoms with Crippen molar-refractivity contribution in [2.24, 2.45) is 0 Å². The topological polar surface area (TPSA) is 64.9 Å². The lowest BCUT2D eigenvalue weighted by molar-refractivity contribution is -0.293. The van der Waals surface area contributed by atoms with Gasteiger partial charge in [0.25, 0.3) is 5.91 Å². The van der Waals surface area contributed by atoms with Gasteiger partial charge in [0, 0.05) is 4.88 Å². The summed E-state index contributed by atoms with van der Waals surface area (Å²) in [4.78, 5) is 12.4. The first kappa shape index (κ1) is 21.4. The van der Waals surface area contributed by atoms with E-state index in [1.807, 2.05) is 0 Å². The van der Waals surface area contributed by atoms with E-state index < -0.39 is 28.9 Å². The van der Waals surface area contributed by atoms with Crippen molar-refractivity contribution in [3.63, 3.8) is 0 Å². The van der Waals surface area contributed by atoms with Crippen molar-refractivity contribution in [2.45, 2.75) is 43.7 Å². The van der Waals surface area contributed by atoms with Crippen molar-refractivity contribution in [1.29, 1.82) is 5.26 Å². The minimum Gasteiger partial charge on any atom is -0.338 e. The normalized spacial score (nSPS) is 14.8. The van der Waals surface area contributed by atoms with Crippen LogP contribution in [0.25, 0.3) is 0 Å². The maximum absolute atomic E-state index is 13.8. The van der Waals surface area contributed by atoms with Gasteiger partial charge < -0.3 is 10.6 Å². The van der Waals surface area contributed by atoms with E-state index in [4.69, 9.17) is 0 Å². The maximum Gasteiger partial charge on any atom is 0.439 e. The highest BCUT2D eigenvalue weighted by atomic mass is 32.1. The Morgan fingerprint density at radius 3 is 2.31 bits per heavy atom. The number of thiophene rings is 2. The largest absolute Gasteiger partial charge is 0.439 e. The number of anilines is 1. The molecule has 29 heavy (non-hydrogen) atoms. The molecule has 2 N–H and O–H groups in total. The zero-order valence-electron chi connectivity index (χ0n) is 14.5. The molecule has 4 nitrogen and oxygen atoms in total. The number of nitrogens with one attached hydrogen (secondary N) is 2. The summed E-state index contributed by atoms with van der Waals surface area (Å²) in [6.45, 7) is 0. The number of carbonyl (C=O) groups is 1. The fraction of sp³-hybridized carbons (Fsp3) is 0.412. The highest BCUT2D eigenvalue weighted by Crippen LogP contribution is 2.47. The maximum atomic E-state index is 13.8. The van der Waals surface area contributed by atoms with Crippen LogP contribution in [0.1, 0.15) is 38.5 Å². The molecule has 0 atom stereocenters. The van der Waals surface area contributed by atoms with Crippen molar-refractivity contribution in [1.82, 2.24) is 5.32 Å². The van der Waals surface area contributed by atoms with Crippen LogP contribution >= 0.6 is 22.7 Å². The third-order valence-electron chi connectivity index (χ3n) is 4.48. The van der Waals surface area contributed by atoms with E-state index in [1.54, 1.807) is 6.07 Å². The zero-order chi connectivity index (χ0) is 21.4. The average Bonchev–Trinajstić information content (AvgIpc) is 3.26. The second-order valence-corrected chi connectivity index (χ2v) is 8.38. The zero-order valence-corrected chi connectivity index (χ0v) is 16.1. The predicted molar refractivity (Wildman–Crippen MR) is 95.9 cm³/mol. The second-order valence-electron chi connectivity index (χ2n) is 6.33. The van der Waals surface area contributed by atoms with Gasteiger partial charge in [0.1, 0.15) is 11.1 Å². The molecule has 12 heteroatoms. The van der Waals surface area contributed by atoms with Gasteiger partial charge in [-0.2, -0.15) is 31.6 Å². The molecule has 0 spiro atoms. The van der Waals surface area contributed by atoms with E-state index in [0.29, 0.717) is 52.4 Å². The van der Waals surface area contributed by atoms with Gasteiger partial charge >= 0.3 is 18.0 Å². The molecule has 0 fully saturated rings. The lowest BCUT2D eigenvalue weighted by Crippen LogP contribution is -2.72. The Morgan fingerprint density at radius 1 is 1.10 bits per heavy atom. The first-order chi connectivity index (χ1) is 13.5. The summed E-state index contributed by atoms with van der Waals surface area (Å²) in [6.07, 6.45) is -9.57. The first-order valence-corrected chi connectivity index (χ1v) is 10.0. The van der Waals surface area contributed by atoms with Crippen LogP contribution in [-0.4, -0.2) is 23.9 Å². The van der Waals surface area contributed by atoms with Gasteiger partial charge in [-0.1, -0.05) is 6.07 Å². The monoisotopic (exact) mass is 453 g/mol. The van der Waals surface area contributed by atoms with Crippen LogP contribution < -0.4 is 10.6 Å². The van der Waals surface area contributed by atoms with Gasteiger partial charge in [0.2, 0.25) is 0 Å². The Balaban J connectivity index is 2.10. The number of alkyl halides is 6. The second kappa shape index (κ2) is 7.53. The molecule has 0 saturated carbocycles. The molecule has 1 aliphatic carbocycles. The van der Waals surface area contributed by atoms with Gasteiger partial charge in [0.05, 0.1) is 10.4 Å². The molecule has 3 rings (SSSR count). The fourth-order valence-electron chi connectivity index (χ4n) is 3.06. The fourth-order valence-corrected chi connectivity index (χ4v) is 4.97. The number of hydrogen-bond donors (Lipinski definition) is 2. The first-order valence-electron chi connectivity index (χ1n) is 8.32. The van der Waals surface area contributed by atoms with Crippen LogP contribution in [0.2, 0.25) is 0 Å². The van der Waals surface area contributed by atoms with E-state index in [2.05, 4.69) is 0 Å². The molecule has 0 radical (unpaired) electrons. The van der Waals surface area contributed by atoms with Crippen LogP contribution in [0.5, 0.6) is 0 Å². The highest BCUT2D eigenvalue weighted by Gasteiger charge is 2.73. The molecule has 2 aromatic heterocycles. The molecule has 1 amide bonds. The molecule has 156 valence electrons. The molecule has 0 saturated heterocycles. The number of nitrogens with zero attached hydrogens (tertiary/aromatic N) is 1. The molecular weight excluding hydrogens is 440 g/mol. The predicted octanol–water partition coefficient (Wildman–Crippen LogP) is 5.22. The van der Waals surface area contributed by atoms with Crippen LogP contribution in [0.4, 0.5) is 31.3 Å². The molecule has 1 aliphatic rings. The summed E-state index contributed by atoms with van der Waals surface area (Å²) < 4.78 is 82.8. The van der Waals surface area contributed by atoms with Gasteiger partial charge in [-0.3, -0.25) is 4.79 Å². The average molecular weight is 453 g/mol. The van der Waals surface area contributed by atoms with Crippen LogP contribution in [0.15, 0.2) is 17.5 Å². The van der Waals surface area contributed by atoms with Gasteiger partial charge in [-0.15, -0.1) is 22.7 Å². The third-order valence-corrected chi connectivity index (χ3v) is 6.56. The Bertz CT molecular complexity index is 926. The number of rotatable bonds is 4. The van der Waals surface area contributed by atoms with E-state index in [1.165, 1.54) is 16.8 Å². The lowest BCUT2D eigenvalue weighted by Gasteiger charge is -2.38. The van der Waals surface area contributed by atoms with Crippen molar-refractivity contribution in [2.75, 3.05) is 5.32 Å². The molecular formula is C17H13F6N3OS2. The Labute approximate surface area is 169 Å². The summed E-state index contributed by atoms with van der Waals surface area (Å²) >= 11 is 1.39. The van der Waals surface area contributed by atoms with Gasteiger partial charge in [0.15, 0.2) is 0 Å². The summed E-state index contributed by atoms with van der Waals surface area (Å²) in [5, 5.41) is 12.7. The van der Waals surface area contributed by atoms with E-state index in [-0.39, 0.29) is 10.4 Å². The molecule has 0 aromatic carbocycles. The van der Waals surface area contributed by atoms with Gasteiger partial charge in [-0.05, 0) is 42.7 Å². The van der Waals surface area contributed by atoms with Gasteiger partial charge in [-0.25, -0.2) is 0 Å². The Morgan fingerprint density at radius 2 is 1.76 bits per heavy atom. The van der Waals surface area contributed by atoms with E-state index in [9.17, 15) is 36.4 Å². The quantitative estimate of drug-likeness (QED) is 0.493. The number of halogens is 6. The van der Waals surface area contributed by atoms with Crippen LogP contribution in [0.3, 0.4) is 0 Å². The van der Waals surface area contributed by atoms with Crippen molar-refractivity contribution >= 4 is 33.6 Å². The third kappa shape index (κ3) is 3.81. The smallest absolute Gasteiger partial charge is 0.338 e. The molecule has 0 aliphatic heterocycles. The summed E-state index contributed by atoms with van der Waals surface area (Å²) in [7, 11) is 0. The van der Waals surface area contributed by atoms with E-state index >= 15 is 0 Å². The number of nitriles is 1. The minimum absolute atomic E-state index is 0.243. The number of hydrogen-bond acceptors (Lipinski definition) is 5. The Hall–Kier alpha value is -2.26. The van der Waals surface area contributed by atoms with E-state index in [0.717, 1.165) is 17.8 Å². The minimum atomic E-state index is -5.94. The van der Waals surface area contributed by atoms with Crippen molar-refractivity contribution in [3.8, 4) is 6.07 Å². The molecule has 2 aromatic rings. The standard InChI is InChI=1S/C17H13F6N3OS2/c18-16(19,20)15(17(21,22)23,25-13(27)12-6-3-7-28-12)26-14-10(8-24)9-4-1-2-5-11(9)29-14/h3,6-7,26H,1-2,4-5H2,(H,25,27). The molecule has 0 bridgehead atoms. The molecule has 2 heterocycles. The summed E-state index contributed by atoms with van der Waals surface area (Å²) in [5.41, 5.74) is -4.53. The van der Waals surface area contributed by atoms with Crippen LogP contribution in [0, 0.1) is 11.3 Å². The Kier molecular flexibility index (Phi) is 5.57. The molecule has 0 unspecified atom stereocenters.